The third kappa shape index (κ3) is 8.74. The molecule has 0 rings (SSSR count). The first-order chi connectivity index (χ1) is 7.06. The maximum Gasteiger partial charge on any atom is 0.244 e. The average Bonchev–Trinajstić information content (AvgIpc) is 2.14. The van der Waals surface area contributed by atoms with Gasteiger partial charge in [0.25, 0.3) is 0 Å². The fourth-order valence-corrected chi connectivity index (χ4v) is 0.853. The lowest BCUT2D eigenvalue weighted by molar-refractivity contribution is -0.124. The Balaban J connectivity index is 3.76. The largest absolute Gasteiger partial charge is 0.352 e. The lowest BCUT2D eigenvalue weighted by Crippen LogP contribution is -2.39. The van der Waals surface area contributed by atoms with E-state index in [2.05, 4.69) is 10.6 Å². The van der Waals surface area contributed by atoms with Gasteiger partial charge >= 0.3 is 0 Å². The van der Waals surface area contributed by atoms with E-state index in [1.54, 1.807) is 12.2 Å². The summed E-state index contributed by atoms with van der Waals surface area (Å²) in [5, 5.41) is 5.15. The minimum Gasteiger partial charge on any atom is -0.352 e. The van der Waals surface area contributed by atoms with E-state index >= 15 is 0 Å². The van der Waals surface area contributed by atoms with Crippen LogP contribution in [0.15, 0.2) is 24.3 Å². The molecule has 0 fully saturated rings. The van der Waals surface area contributed by atoms with Crippen molar-refractivity contribution in [1.82, 2.24) is 10.6 Å². The quantitative estimate of drug-likeness (QED) is 0.520. The second-order valence-electron chi connectivity index (χ2n) is 3.32. The van der Waals surface area contributed by atoms with Gasteiger partial charge in [0.15, 0.2) is 0 Å². The van der Waals surface area contributed by atoms with Crippen LogP contribution in [-0.4, -0.2) is 24.4 Å². The summed E-state index contributed by atoms with van der Waals surface area (Å²) in [7, 11) is 0. The molecule has 0 saturated heterocycles. The van der Waals surface area contributed by atoms with Crippen LogP contribution in [0.25, 0.3) is 0 Å². The fraction of sp³-hybridized carbons (Fsp3) is 0.455. The highest BCUT2D eigenvalue weighted by Crippen LogP contribution is 1.79. The molecule has 0 aromatic heterocycles. The smallest absolute Gasteiger partial charge is 0.244 e. The summed E-state index contributed by atoms with van der Waals surface area (Å²) in [6.07, 6.45) is 6.56. The highest BCUT2D eigenvalue weighted by Gasteiger charge is 2.03. The lowest BCUT2D eigenvalue weighted by atomic mass is 10.4. The van der Waals surface area contributed by atoms with Crippen molar-refractivity contribution in [2.24, 2.45) is 0 Å². The van der Waals surface area contributed by atoms with Crippen LogP contribution in [-0.2, 0) is 9.59 Å². The lowest BCUT2D eigenvalue weighted by Gasteiger charge is -2.07. The van der Waals surface area contributed by atoms with Crippen LogP contribution in [0.2, 0.25) is 0 Å². The minimum atomic E-state index is -0.271. The normalized spacial score (nSPS) is 11.2. The molecule has 0 atom stereocenters. The van der Waals surface area contributed by atoms with Crippen LogP contribution < -0.4 is 10.6 Å². The standard InChI is InChI=1S/C11H18N2O2/c1-4-5-6-7-10(14)12-8-11(15)13-9(2)3/h4-7,9H,8H2,1-3H3,(H,12,14)(H,13,15)/b5-4+,7-6+. The molecule has 0 aliphatic rings. The zero-order valence-corrected chi connectivity index (χ0v) is 9.41. The van der Waals surface area contributed by atoms with Gasteiger partial charge in [0.1, 0.15) is 0 Å². The van der Waals surface area contributed by atoms with Gasteiger partial charge in [-0.3, -0.25) is 9.59 Å². The molecule has 0 heterocycles. The first-order valence-electron chi connectivity index (χ1n) is 4.92. The second-order valence-corrected chi connectivity index (χ2v) is 3.32. The molecule has 4 heteroatoms. The molecule has 0 bridgehead atoms. The van der Waals surface area contributed by atoms with Gasteiger partial charge < -0.3 is 10.6 Å². The summed E-state index contributed by atoms with van der Waals surface area (Å²) >= 11 is 0. The van der Waals surface area contributed by atoms with Crippen molar-refractivity contribution >= 4 is 11.8 Å². The minimum absolute atomic E-state index is 0.0111. The van der Waals surface area contributed by atoms with E-state index in [-0.39, 0.29) is 24.4 Å². The Kier molecular flexibility index (Phi) is 6.97. The highest BCUT2D eigenvalue weighted by atomic mass is 16.2. The van der Waals surface area contributed by atoms with Crippen molar-refractivity contribution in [1.29, 1.82) is 0 Å². The number of carbonyl (C=O) groups excluding carboxylic acids is 2. The molecule has 0 aromatic carbocycles. The summed E-state index contributed by atoms with van der Waals surface area (Å²) in [4.78, 5) is 22.2. The molecule has 2 amide bonds. The number of carbonyl (C=O) groups is 2. The van der Waals surface area contributed by atoms with Crippen molar-refractivity contribution in [2.75, 3.05) is 6.54 Å². The second kappa shape index (κ2) is 7.79. The zero-order chi connectivity index (χ0) is 11.7. The molecular weight excluding hydrogens is 192 g/mol. The number of allylic oxidation sites excluding steroid dienone is 3. The van der Waals surface area contributed by atoms with Crippen molar-refractivity contribution in [2.45, 2.75) is 26.8 Å². The topological polar surface area (TPSA) is 58.2 Å². The molecule has 0 unspecified atom stereocenters. The van der Waals surface area contributed by atoms with Gasteiger partial charge in [-0.05, 0) is 20.8 Å². The zero-order valence-electron chi connectivity index (χ0n) is 9.41. The summed E-state index contributed by atoms with van der Waals surface area (Å²) in [6, 6.07) is 0.0907. The van der Waals surface area contributed by atoms with Crippen LogP contribution in [0.1, 0.15) is 20.8 Å². The van der Waals surface area contributed by atoms with E-state index in [1.807, 2.05) is 26.8 Å². The van der Waals surface area contributed by atoms with Crippen LogP contribution >= 0.6 is 0 Å². The number of rotatable bonds is 5. The van der Waals surface area contributed by atoms with Gasteiger partial charge in [0.05, 0.1) is 6.54 Å². The molecule has 0 saturated carbocycles. The molecule has 0 spiro atoms. The summed E-state index contributed by atoms with van der Waals surface area (Å²) in [5.74, 6) is -0.454. The Morgan fingerprint density at radius 2 is 1.93 bits per heavy atom. The van der Waals surface area contributed by atoms with E-state index in [9.17, 15) is 9.59 Å². The summed E-state index contributed by atoms with van der Waals surface area (Å²) < 4.78 is 0. The molecule has 2 N–H and O–H groups in total. The van der Waals surface area contributed by atoms with Crippen molar-refractivity contribution < 1.29 is 9.59 Å². The van der Waals surface area contributed by atoms with Gasteiger partial charge in [-0.2, -0.15) is 0 Å². The molecule has 0 aromatic rings. The van der Waals surface area contributed by atoms with Crippen LogP contribution in [0.3, 0.4) is 0 Å². The molecule has 0 aliphatic heterocycles. The Labute approximate surface area is 90.4 Å². The Bertz CT molecular complexity index is 268. The molecule has 0 aliphatic carbocycles. The predicted molar refractivity (Wildman–Crippen MR) is 60.2 cm³/mol. The average molecular weight is 210 g/mol. The van der Waals surface area contributed by atoms with E-state index in [1.165, 1.54) is 6.08 Å². The number of hydrogen-bond donors (Lipinski definition) is 2. The Hall–Kier alpha value is -1.58. The SMILES string of the molecule is C/C=C/C=C/C(=O)NCC(=O)NC(C)C. The summed E-state index contributed by atoms with van der Waals surface area (Å²) in [6.45, 7) is 5.60. The molecule has 84 valence electrons. The van der Waals surface area contributed by atoms with E-state index in [4.69, 9.17) is 0 Å². The van der Waals surface area contributed by atoms with E-state index in [0.29, 0.717) is 0 Å². The molecular formula is C11H18N2O2. The van der Waals surface area contributed by atoms with Crippen LogP contribution in [0.5, 0.6) is 0 Å². The third-order valence-electron chi connectivity index (χ3n) is 1.42. The monoisotopic (exact) mass is 210 g/mol. The molecule has 15 heavy (non-hydrogen) atoms. The van der Waals surface area contributed by atoms with E-state index < -0.39 is 0 Å². The maximum atomic E-state index is 11.1. The Morgan fingerprint density at radius 1 is 1.27 bits per heavy atom. The number of nitrogens with one attached hydrogen (secondary N) is 2. The van der Waals surface area contributed by atoms with Gasteiger partial charge in [-0.25, -0.2) is 0 Å². The number of hydrogen-bond acceptors (Lipinski definition) is 2. The molecule has 4 nitrogen and oxygen atoms in total. The van der Waals surface area contributed by atoms with Crippen LogP contribution in [0, 0.1) is 0 Å². The number of amides is 2. The van der Waals surface area contributed by atoms with Crippen molar-refractivity contribution in [3.05, 3.63) is 24.3 Å². The van der Waals surface area contributed by atoms with E-state index in [0.717, 1.165) is 0 Å². The van der Waals surface area contributed by atoms with Gasteiger partial charge in [-0.15, -0.1) is 0 Å². The molecule has 0 radical (unpaired) electrons. The summed E-state index contributed by atoms with van der Waals surface area (Å²) in [5.41, 5.74) is 0. The van der Waals surface area contributed by atoms with Gasteiger partial charge in [0, 0.05) is 12.1 Å². The Morgan fingerprint density at radius 3 is 2.47 bits per heavy atom. The van der Waals surface area contributed by atoms with Gasteiger partial charge in [0.2, 0.25) is 11.8 Å². The fourth-order valence-electron chi connectivity index (χ4n) is 0.853. The van der Waals surface area contributed by atoms with Crippen molar-refractivity contribution in [3.8, 4) is 0 Å². The first-order valence-corrected chi connectivity index (χ1v) is 4.92. The van der Waals surface area contributed by atoms with Gasteiger partial charge in [-0.1, -0.05) is 18.2 Å². The third-order valence-corrected chi connectivity index (χ3v) is 1.42. The maximum absolute atomic E-state index is 11.1. The van der Waals surface area contributed by atoms with Crippen LogP contribution in [0.4, 0.5) is 0 Å². The van der Waals surface area contributed by atoms with Crippen molar-refractivity contribution in [3.63, 3.8) is 0 Å². The highest BCUT2D eigenvalue weighted by molar-refractivity contribution is 5.91. The predicted octanol–water partition coefficient (Wildman–Crippen LogP) is 0.759. The first kappa shape index (κ1) is 13.4.